The van der Waals surface area contributed by atoms with Crippen molar-refractivity contribution < 1.29 is 17.6 Å². The lowest BCUT2D eigenvalue weighted by Crippen LogP contribution is -2.47. The highest BCUT2D eigenvalue weighted by atomic mass is 19.4. The SMILES string of the molecule is Cc1nc(F)ccc1[C@H](Nc1cc(C#N)c2ncc(C#N)c(NCC(C)(C)C(F)(F)F)c2c1)C1=CN(C(C)(C)C)NN1. The van der Waals surface area contributed by atoms with Crippen LogP contribution in [0.5, 0.6) is 0 Å². The first-order valence-electron chi connectivity index (χ1n) is 13.1. The predicted molar refractivity (Wildman–Crippen MR) is 151 cm³/mol. The second-order valence-electron chi connectivity index (χ2n) is 11.7. The number of hydrogen-bond acceptors (Lipinski definition) is 9. The minimum absolute atomic E-state index is 0.0295. The number of rotatable bonds is 7. The summed E-state index contributed by atoms with van der Waals surface area (Å²) >= 11 is 0. The maximum Gasteiger partial charge on any atom is 0.395 e. The fraction of sp³-hybridized carbons (Fsp3) is 0.379. The van der Waals surface area contributed by atoms with Gasteiger partial charge in [-0.2, -0.15) is 28.1 Å². The van der Waals surface area contributed by atoms with E-state index >= 15 is 0 Å². The Balaban J connectivity index is 1.85. The van der Waals surface area contributed by atoms with Crippen LogP contribution in [0.1, 0.15) is 63.0 Å². The van der Waals surface area contributed by atoms with Crippen molar-refractivity contribution in [3.8, 4) is 12.1 Å². The van der Waals surface area contributed by atoms with Gasteiger partial charge in [0.15, 0.2) is 0 Å². The highest BCUT2D eigenvalue weighted by Crippen LogP contribution is 2.39. The van der Waals surface area contributed by atoms with Crippen LogP contribution in [0.3, 0.4) is 0 Å². The molecule has 220 valence electrons. The molecule has 3 aromatic rings. The number of aromatic nitrogens is 2. The maximum atomic E-state index is 13.9. The molecule has 42 heavy (non-hydrogen) atoms. The summed E-state index contributed by atoms with van der Waals surface area (Å²) in [6, 6.07) is 9.49. The van der Waals surface area contributed by atoms with Crippen molar-refractivity contribution in [1.29, 1.82) is 10.5 Å². The molecule has 1 aliphatic heterocycles. The number of anilines is 2. The monoisotopic (exact) mass is 581 g/mol. The van der Waals surface area contributed by atoms with Gasteiger partial charge in [0.1, 0.15) is 12.1 Å². The molecule has 0 saturated heterocycles. The molecule has 4 rings (SSSR count). The van der Waals surface area contributed by atoms with E-state index in [9.17, 15) is 28.1 Å². The normalized spacial score (nSPS) is 14.6. The Labute approximate surface area is 241 Å². The molecular weight excluding hydrogens is 550 g/mol. The third-order valence-electron chi connectivity index (χ3n) is 7.02. The summed E-state index contributed by atoms with van der Waals surface area (Å²) in [4.78, 5) is 8.23. The maximum absolute atomic E-state index is 13.9. The van der Waals surface area contributed by atoms with Gasteiger partial charge in [0.25, 0.3) is 0 Å². The molecule has 0 amide bonds. The van der Waals surface area contributed by atoms with E-state index in [1.54, 1.807) is 25.1 Å². The Morgan fingerprint density at radius 3 is 2.31 bits per heavy atom. The van der Waals surface area contributed by atoms with Crippen LogP contribution in [0, 0.1) is 40.9 Å². The number of alkyl halides is 3. The third kappa shape index (κ3) is 6.02. The first-order chi connectivity index (χ1) is 19.6. The average molecular weight is 582 g/mol. The number of benzene rings is 1. The minimum Gasteiger partial charge on any atom is -0.382 e. The predicted octanol–water partition coefficient (Wildman–Crippen LogP) is 5.94. The second-order valence-corrected chi connectivity index (χ2v) is 11.7. The van der Waals surface area contributed by atoms with Crippen LogP contribution >= 0.6 is 0 Å². The smallest absolute Gasteiger partial charge is 0.382 e. The Hall–Kier alpha value is -4.62. The number of pyridine rings is 2. The molecule has 1 aromatic carbocycles. The molecular formula is C29H31F4N9. The molecule has 13 heteroatoms. The number of aryl methyl sites for hydroxylation is 1. The molecule has 0 fully saturated rings. The molecule has 3 heterocycles. The summed E-state index contributed by atoms with van der Waals surface area (Å²) in [5.74, 6) is -0.636. The largest absolute Gasteiger partial charge is 0.395 e. The molecule has 9 nitrogen and oxygen atoms in total. The number of nitriles is 2. The first-order valence-corrected chi connectivity index (χ1v) is 13.1. The number of halogens is 4. The summed E-state index contributed by atoms with van der Waals surface area (Å²) in [5, 5.41) is 28.0. The lowest BCUT2D eigenvalue weighted by atomic mass is 9.92. The Morgan fingerprint density at radius 1 is 1.05 bits per heavy atom. The van der Waals surface area contributed by atoms with Gasteiger partial charge < -0.3 is 16.1 Å². The first kappa shape index (κ1) is 30.3. The van der Waals surface area contributed by atoms with E-state index in [2.05, 4.69) is 37.6 Å². The van der Waals surface area contributed by atoms with E-state index in [1.807, 2.05) is 38.0 Å². The van der Waals surface area contributed by atoms with E-state index in [4.69, 9.17) is 0 Å². The Bertz CT molecular complexity index is 1630. The third-order valence-corrected chi connectivity index (χ3v) is 7.02. The molecule has 2 aromatic heterocycles. The summed E-state index contributed by atoms with van der Waals surface area (Å²) in [7, 11) is 0. The van der Waals surface area contributed by atoms with Crippen molar-refractivity contribution in [2.45, 2.75) is 59.3 Å². The van der Waals surface area contributed by atoms with Crippen LogP contribution in [-0.2, 0) is 0 Å². The van der Waals surface area contributed by atoms with Gasteiger partial charge in [0, 0.05) is 46.8 Å². The van der Waals surface area contributed by atoms with Crippen molar-refractivity contribution in [2.75, 3.05) is 17.2 Å². The average Bonchev–Trinajstić information content (AvgIpc) is 3.40. The molecule has 1 atom stereocenters. The van der Waals surface area contributed by atoms with Crippen LogP contribution in [-0.4, -0.2) is 33.2 Å². The van der Waals surface area contributed by atoms with E-state index in [1.165, 1.54) is 12.3 Å². The van der Waals surface area contributed by atoms with Gasteiger partial charge >= 0.3 is 6.18 Å². The molecule has 1 aliphatic rings. The van der Waals surface area contributed by atoms with Gasteiger partial charge in [-0.1, -0.05) is 6.07 Å². The lowest BCUT2D eigenvalue weighted by molar-refractivity contribution is -0.206. The van der Waals surface area contributed by atoms with E-state index in [-0.39, 0.29) is 27.9 Å². The number of hydrogen-bond donors (Lipinski definition) is 4. The zero-order chi connectivity index (χ0) is 31.0. The van der Waals surface area contributed by atoms with Crippen LogP contribution in [0.2, 0.25) is 0 Å². The van der Waals surface area contributed by atoms with Crippen LogP contribution in [0.15, 0.2) is 42.4 Å². The van der Waals surface area contributed by atoms with E-state index in [0.29, 0.717) is 28.0 Å². The van der Waals surface area contributed by atoms with Crippen molar-refractivity contribution >= 4 is 22.3 Å². The van der Waals surface area contributed by atoms with Gasteiger partial charge in [-0.15, -0.1) is 5.53 Å². The number of nitrogens with one attached hydrogen (secondary N) is 4. The number of nitrogens with zero attached hydrogens (tertiary/aromatic N) is 5. The number of hydrazine groups is 2. The summed E-state index contributed by atoms with van der Waals surface area (Å²) in [6.45, 7) is 9.29. The second kappa shape index (κ2) is 11.0. The van der Waals surface area contributed by atoms with Gasteiger partial charge in [0.05, 0.1) is 39.5 Å². The van der Waals surface area contributed by atoms with Crippen LogP contribution in [0.25, 0.3) is 10.9 Å². The van der Waals surface area contributed by atoms with Crippen LogP contribution in [0.4, 0.5) is 28.9 Å². The summed E-state index contributed by atoms with van der Waals surface area (Å²) in [5.41, 5.74) is 6.50. The van der Waals surface area contributed by atoms with Gasteiger partial charge in [-0.05, 0) is 59.7 Å². The Morgan fingerprint density at radius 2 is 1.74 bits per heavy atom. The molecule has 0 unspecified atom stereocenters. The van der Waals surface area contributed by atoms with Gasteiger partial charge in [-0.3, -0.25) is 9.99 Å². The standard InChI is InChI=1S/C29H31F4N9/c1-16-20(7-8-23(30)38-16)26(22-14-42(41-40-22)27(2,3)4)39-19-9-17(11-34)24-21(10-19)25(18(12-35)13-36-24)37-15-28(5,6)29(31,32)33/h7-10,13-14,26,39-41H,15H2,1-6H3,(H,36,37)/t26-/m0/s1. The Kier molecular flexibility index (Phi) is 7.94. The summed E-state index contributed by atoms with van der Waals surface area (Å²) in [6.07, 6.45) is -1.41. The molecule has 0 aliphatic carbocycles. The van der Waals surface area contributed by atoms with Crippen molar-refractivity contribution in [1.82, 2.24) is 25.9 Å². The van der Waals surface area contributed by atoms with E-state index in [0.717, 1.165) is 13.8 Å². The quantitative estimate of drug-likeness (QED) is 0.198. The zero-order valence-corrected chi connectivity index (χ0v) is 24.0. The van der Waals surface area contributed by atoms with Crippen molar-refractivity contribution in [3.05, 3.63) is 70.7 Å². The van der Waals surface area contributed by atoms with Crippen molar-refractivity contribution in [3.63, 3.8) is 0 Å². The van der Waals surface area contributed by atoms with Crippen LogP contribution < -0.4 is 21.6 Å². The molecule has 0 saturated carbocycles. The highest BCUT2D eigenvalue weighted by molar-refractivity contribution is 5.99. The fourth-order valence-electron chi connectivity index (χ4n) is 4.33. The molecule has 0 spiro atoms. The highest BCUT2D eigenvalue weighted by Gasteiger charge is 2.47. The zero-order valence-electron chi connectivity index (χ0n) is 24.0. The van der Waals surface area contributed by atoms with Gasteiger partial charge in [0.2, 0.25) is 5.95 Å². The molecule has 0 radical (unpaired) electrons. The molecule has 0 bridgehead atoms. The fourth-order valence-corrected chi connectivity index (χ4v) is 4.33. The molecule has 4 N–H and O–H groups in total. The lowest BCUT2D eigenvalue weighted by Gasteiger charge is -2.30. The van der Waals surface area contributed by atoms with Crippen molar-refractivity contribution in [2.24, 2.45) is 5.41 Å². The minimum atomic E-state index is -4.49. The van der Waals surface area contributed by atoms with E-state index < -0.39 is 30.1 Å². The topological polar surface area (TPSA) is 125 Å². The summed E-state index contributed by atoms with van der Waals surface area (Å²) < 4.78 is 54.7. The number of fused-ring (bicyclic) bond motifs is 1. The van der Waals surface area contributed by atoms with Gasteiger partial charge in [-0.25, -0.2) is 4.98 Å².